The predicted molar refractivity (Wildman–Crippen MR) is 60.8 cm³/mol. The lowest BCUT2D eigenvalue weighted by atomic mass is 10.3. The fourth-order valence-corrected chi connectivity index (χ4v) is 1.56. The van der Waals surface area contributed by atoms with Crippen molar-refractivity contribution in [2.24, 2.45) is 0 Å². The van der Waals surface area contributed by atoms with Crippen molar-refractivity contribution < 1.29 is 22.7 Å². The number of aromatic amines is 1. The van der Waals surface area contributed by atoms with Crippen molar-refractivity contribution in [3.05, 3.63) is 24.0 Å². The molecule has 1 aromatic heterocycles. The van der Waals surface area contributed by atoms with Gasteiger partial charge in [-0.2, -0.15) is 0 Å². The summed E-state index contributed by atoms with van der Waals surface area (Å²) in [7, 11) is 0. The van der Waals surface area contributed by atoms with E-state index < -0.39 is 18.0 Å². The van der Waals surface area contributed by atoms with Gasteiger partial charge in [0.2, 0.25) is 0 Å². The molecule has 0 aliphatic rings. The molecule has 19 heavy (non-hydrogen) atoms. The van der Waals surface area contributed by atoms with Crippen LogP contribution in [0.2, 0.25) is 0 Å². The quantitative estimate of drug-likeness (QED) is 0.901. The molecule has 0 saturated carbocycles. The summed E-state index contributed by atoms with van der Waals surface area (Å²) in [4.78, 5) is 18.0. The minimum atomic E-state index is -4.81. The minimum absolute atomic E-state index is 0.0407. The number of imidazole rings is 1. The van der Waals surface area contributed by atoms with Gasteiger partial charge in [-0.05, 0) is 19.1 Å². The summed E-state index contributed by atoms with van der Waals surface area (Å²) < 4.78 is 40.5. The van der Waals surface area contributed by atoms with E-state index in [0.29, 0.717) is 12.1 Å². The van der Waals surface area contributed by atoms with Crippen LogP contribution in [-0.4, -0.2) is 28.8 Å². The predicted octanol–water partition coefficient (Wildman–Crippen LogP) is 2.21. The van der Waals surface area contributed by atoms with Crippen molar-refractivity contribution in [3.63, 3.8) is 0 Å². The van der Waals surface area contributed by atoms with Gasteiger partial charge in [0.1, 0.15) is 5.52 Å². The number of ether oxygens (including phenoxy) is 1. The molecule has 2 N–H and O–H groups in total. The van der Waals surface area contributed by atoms with Crippen LogP contribution in [0.5, 0.6) is 5.75 Å². The van der Waals surface area contributed by atoms with Gasteiger partial charge in [0, 0.05) is 6.54 Å². The number of carbonyl (C=O) groups is 1. The zero-order valence-corrected chi connectivity index (χ0v) is 9.84. The smallest absolute Gasteiger partial charge is 0.403 e. The Morgan fingerprint density at radius 3 is 2.84 bits per heavy atom. The first kappa shape index (κ1) is 13.2. The molecular formula is C11H10F3N3O2. The molecule has 0 fully saturated rings. The van der Waals surface area contributed by atoms with Gasteiger partial charge in [-0.15, -0.1) is 13.2 Å². The van der Waals surface area contributed by atoms with E-state index in [-0.39, 0.29) is 11.3 Å². The van der Waals surface area contributed by atoms with Crippen molar-refractivity contribution >= 4 is 16.9 Å². The molecule has 1 aromatic carbocycles. The Morgan fingerprint density at radius 2 is 2.21 bits per heavy atom. The number of H-pyrrole nitrogens is 1. The summed E-state index contributed by atoms with van der Waals surface area (Å²) in [6.07, 6.45) is -4.81. The van der Waals surface area contributed by atoms with E-state index in [1.165, 1.54) is 12.1 Å². The average Bonchev–Trinajstić information content (AvgIpc) is 2.72. The van der Waals surface area contributed by atoms with E-state index in [0.717, 1.165) is 6.07 Å². The van der Waals surface area contributed by atoms with E-state index in [4.69, 9.17) is 0 Å². The highest BCUT2D eigenvalue weighted by molar-refractivity contribution is 5.95. The van der Waals surface area contributed by atoms with Crippen LogP contribution in [-0.2, 0) is 0 Å². The zero-order valence-electron chi connectivity index (χ0n) is 9.84. The van der Waals surface area contributed by atoms with Crippen LogP contribution in [0.1, 0.15) is 17.5 Å². The molecule has 0 bridgehead atoms. The number of fused-ring (bicyclic) bond motifs is 1. The first-order valence-electron chi connectivity index (χ1n) is 5.43. The normalized spacial score (nSPS) is 11.6. The number of aromatic nitrogens is 2. The largest absolute Gasteiger partial charge is 0.573 e. The van der Waals surface area contributed by atoms with Gasteiger partial charge in [-0.1, -0.05) is 6.07 Å². The third-order valence-electron chi connectivity index (χ3n) is 2.25. The molecule has 2 rings (SSSR count). The summed E-state index contributed by atoms with van der Waals surface area (Å²) in [6.45, 7) is 2.11. The maximum Gasteiger partial charge on any atom is 0.573 e. The Bertz CT molecular complexity index is 607. The van der Waals surface area contributed by atoms with Gasteiger partial charge in [0.05, 0.1) is 5.52 Å². The standard InChI is InChI=1S/C11H10F3N3O2/c1-2-15-10(18)9-16-6-4-3-5-7(8(6)17-9)19-11(12,13)14/h3-5H,2H2,1H3,(H,15,18)(H,16,17). The topological polar surface area (TPSA) is 67.0 Å². The summed E-state index contributed by atoms with van der Waals surface area (Å²) in [5.74, 6) is -0.997. The fraction of sp³-hybridized carbons (Fsp3) is 0.273. The zero-order chi connectivity index (χ0) is 14.0. The highest BCUT2D eigenvalue weighted by Gasteiger charge is 2.32. The third-order valence-corrected chi connectivity index (χ3v) is 2.25. The molecule has 0 unspecified atom stereocenters. The second-order valence-electron chi connectivity index (χ2n) is 3.64. The molecule has 8 heteroatoms. The maximum atomic E-state index is 12.2. The van der Waals surface area contributed by atoms with E-state index in [2.05, 4.69) is 20.0 Å². The first-order chi connectivity index (χ1) is 8.90. The maximum absolute atomic E-state index is 12.2. The minimum Gasteiger partial charge on any atom is -0.403 e. The number of nitrogens with zero attached hydrogens (tertiary/aromatic N) is 1. The number of halogens is 3. The van der Waals surface area contributed by atoms with E-state index in [9.17, 15) is 18.0 Å². The average molecular weight is 273 g/mol. The number of carbonyl (C=O) groups excluding carboxylic acids is 1. The number of alkyl halides is 3. The van der Waals surface area contributed by atoms with E-state index in [1.807, 2.05) is 0 Å². The van der Waals surface area contributed by atoms with Gasteiger partial charge in [0.25, 0.3) is 5.91 Å². The molecule has 1 amide bonds. The molecule has 0 saturated heterocycles. The van der Waals surface area contributed by atoms with Crippen LogP contribution in [0.15, 0.2) is 18.2 Å². The summed E-state index contributed by atoms with van der Waals surface area (Å²) in [5.41, 5.74) is 0.254. The number of rotatable bonds is 3. The number of hydrogen-bond donors (Lipinski definition) is 2. The molecule has 0 aliphatic heterocycles. The van der Waals surface area contributed by atoms with Gasteiger partial charge in [-0.25, -0.2) is 4.98 Å². The van der Waals surface area contributed by atoms with Crippen molar-refractivity contribution in [2.75, 3.05) is 6.54 Å². The SMILES string of the molecule is CCNC(=O)c1nc2c(OC(F)(F)F)cccc2[nH]1. The van der Waals surface area contributed by atoms with Crippen LogP contribution >= 0.6 is 0 Å². The van der Waals surface area contributed by atoms with Gasteiger partial charge in [0.15, 0.2) is 11.6 Å². The monoisotopic (exact) mass is 273 g/mol. The lowest BCUT2D eigenvalue weighted by Gasteiger charge is -2.08. The Balaban J connectivity index is 2.42. The van der Waals surface area contributed by atoms with E-state index >= 15 is 0 Å². The molecule has 102 valence electrons. The van der Waals surface area contributed by atoms with Crippen LogP contribution < -0.4 is 10.1 Å². The van der Waals surface area contributed by atoms with Crippen molar-refractivity contribution in [1.29, 1.82) is 0 Å². The van der Waals surface area contributed by atoms with Crippen LogP contribution in [0.25, 0.3) is 11.0 Å². The van der Waals surface area contributed by atoms with Gasteiger partial charge < -0.3 is 15.0 Å². The Labute approximate surface area is 105 Å². The molecule has 0 atom stereocenters. The Morgan fingerprint density at radius 1 is 1.47 bits per heavy atom. The van der Waals surface area contributed by atoms with Gasteiger partial charge in [-0.3, -0.25) is 4.79 Å². The molecule has 2 aromatic rings. The lowest BCUT2D eigenvalue weighted by molar-refractivity contribution is -0.274. The molecular weight excluding hydrogens is 263 g/mol. The lowest BCUT2D eigenvalue weighted by Crippen LogP contribution is -2.23. The van der Waals surface area contributed by atoms with Crippen molar-refractivity contribution in [2.45, 2.75) is 13.3 Å². The molecule has 0 aliphatic carbocycles. The fourth-order valence-electron chi connectivity index (χ4n) is 1.56. The summed E-state index contributed by atoms with van der Waals surface area (Å²) in [5, 5.41) is 2.49. The molecule has 1 heterocycles. The van der Waals surface area contributed by atoms with Crippen LogP contribution in [0.4, 0.5) is 13.2 Å². The number of benzene rings is 1. The molecule has 5 nitrogen and oxygen atoms in total. The highest BCUT2D eigenvalue weighted by atomic mass is 19.4. The second-order valence-corrected chi connectivity index (χ2v) is 3.64. The second kappa shape index (κ2) is 4.79. The van der Waals surface area contributed by atoms with Crippen LogP contribution in [0.3, 0.4) is 0 Å². The van der Waals surface area contributed by atoms with Crippen molar-refractivity contribution in [1.82, 2.24) is 15.3 Å². The van der Waals surface area contributed by atoms with E-state index in [1.54, 1.807) is 6.92 Å². The third kappa shape index (κ3) is 2.95. The number of amides is 1. The number of hydrogen-bond acceptors (Lipinski definition) is 3. The number of nitrogens with one attached hydrogen (secondary N) is 2. The molecule has 0 spiro atoms. The molecule has 0 radical (unpaired) electrons. The summed E-state index contributed by atoms with van der Waals surface area (Å²) >= 11 is 0. The number of para-hydroxylation sites is 1. The Kier molecular flexibility index (Phi) is 3.32. The summed E-state index contributed by atoms with van der Waals surface area (Å²) in [6, 6.07) is 4.02. The Hall–Kier alpha value is -2.25. The first-order valence-corrected chi connectivity index (χ1v) is 5.43. The van der Waals surface area contributed by atoms with Crippen molar-refractivity contribution in [3.8, 4) is 5.75 Å². The highest BCUT2D eigenvalue weighted by Crippen LogP contribution is 2.29. The van der Waals surface area contributed by atoms with Crippen LogP contribution in [0, 0.1) is 0 Å². The van der Waals surface area contributed by atoms with Gasteiger partial charge >= 0.3 is 6.36 Å².